The lowest BCUT2D eigenvalue weighted by Crippen LogP contribution is -2.27. The lowest BCUT2D eigenvalue weighted by Gasteiger charge is -2.15. The summed E-state index contributed by atoms with van der Waals surface area (Å²) in [6.45, 7) is 1.56. The van der Waals surface area contributed by atoms with Crippen molar-refractivity contribution in [1.82, 2.24) is 4.90 Å². The van der Waals surface area contributed by atoms with Crippen LogP contribution >= 0.6 is 0 Å². The molecular weight excluding hydrogens is 194 g/mol. The van der Waals surface area contributed by atoms with Gasteiger partial charge in [-0.05, 0) is 31.0 Å². The fourth-order valence-corrected chi connectivity index (χ4v) is 1.76. The van der Waals surface area contributed by atoms with Crippen LogP contribution in [0.2, 0.25) is 0 Å². The van der Waals surface area contributed by atoms with Gasteiger partial charge in [0.15, 0.2) is 11.5 Å². The number of phenolic OH excluding ortho intramolecular Hbond substituents is 2. The first-order valence-corrected chi connectivity index (χ1v) is 5.00. The molecule has 15 heavy (non-hydrogen) atoms. The Bertz CT molecular complexity index is 383. The lowest BCUT2D eigenvalue weighted by atomic mass is 10.2. The molecule has 1 aliphatic rings. The van der Waals surface area contributed by atoms with Crippen molar-refractivity contribution < 1.29 is 15.0 Å². The largest absolute Gasteiger partial charge is 0.504 e. The van der Waals surface area contributed by atoms with Crippen LogP contribution in [-0.2, 0) is 0 Å². The number of aromatic hydroxyl groups is 2. The predicted octanol–water partition coefficient (Wildman–Crippen LogP) is 1.33. The van der Waals surface area contributed by atoms with Crippen molar-refractivity contribution in [2.24, 2.45) is 0 Å². The molecule has 1 aromatic carbocycles. The summed E-state index contributed by atoms with van der Waals surface area (Å²) in [5, 5.41) is 18.4. The SMILES string of the molecule is O=C(c1ccc(O)c(O)c1)N1CCCC1. The molecule has 4 nitrogen and oxygen atoms in total. The first kappa shape index (κ1) is 9.83. The maximum atomic E-state index is 11.8. The van der Waals surface area contributed by atoms with Gasteiger partial charge in [0.1, 0.15) is 0 Å². The van der Waals surface area contributed by atoms with Crippen LogP contribution in [0.1, 0.15) is 23.2 Å². The number of amides is 1. The van der Waals surface area contributed by atoms with Crippen LogP contribution in [0.15, 0.2) is 18.2 Å². The van der Waals surface area contributed by atoms with Crippen LogP contribution in [0.4, 0.5) is 0 Å². The van der Waals surface area contributed by atoms with Crippen LogP contribution in [0, 0.1) is 0 Å². The number of carbonyl (C=O) groups is 1. The number of carbonyl (C=O) groups excluding carboxylic acids is 1. The molecule has 0 aliphatic carbocycles. The Morgan fingerprint density at radius 2 is 1.80 bits per heavy atom. The second-order valence-electron chi connectivity index (χ2n) is 3.70. The zero-order valence-corrected chi connectivity index (χ0v) is 8.31. The minimum Gasteiger partial charge on any atom is -0.504 e. The molecule has 1 aliphatic heterocycles. The zero-order chi connectivity index (χ0) is 10.8. The molecule has 2 N–H and O–H groups in total. The molecule has 1 aromatic rings. The van der Waals surface area contributed by atoms with Crippen molar-refractivity contribution >= 4 is 5.91 Å². The van der Waals surface area contributed by atoms with Gasteiger partial charge >= 0.3 is 0 Å². The van der Waals surface area contributed by atoms with Crippen molar-refractivity contribution in [2.45, 2.75) is 12.8 Å². The van der Waals surface area contributed by atoms with E-state index in [0.717, 1.165) is 25.9 Å². The molecule has 1 amide bonds. The molecule has 1 heterocycles. The number of nitrogens with zero attached hydrogens (tertiary/aromatic N) is 1. The quantitative estimate of drug-likeness (QED) is 0.683. The maximum Gasteiger partial charge on any atom is 0.253 e. The van der Waals surface area contributed by atoms with Gasteiger partial charge < -0.3 is 15.1 Å². The average Bonchev–Trinajstić information content (AvgIpc) is 2.74. The van der Waals surface area contributed by atoms with Gasteiger partial charge in [-0.3, -0.25) is 4.79 Å². The zero-order valence-electron chi connectivity index (χ0n) is 8.31. The Hall–Kier alpha value is -1.71. The van der Waals surface area contributed by atoms with E-state index in [1.807, 2.05) is 0 Å². The molecule has 1 saturated heterocycles. The van der Waals surface area contributed by atoms with Crippen molar-refractivity contribution in [2.75, 3.05) is 13.1 Å². The molecule has 2 rings (SSSR count). The molecule has 1 fully saturated rings. The normalized spacial score (nSPS) is 15.6. The second-order valence-corrected chi connectivity index (χ2v) is 3.70. The Morgan fingerprint density at radius 3 is 2.40 bits per heavy atom. The second kappa shape index (κ2) is 3.81. The number of likely N-dealkylation sites (tertiary alicyclic amines) is 1. The molecular formula is C11H13NO3. The summed E-state index contributed by atoms with van der Waals surface area (Å²) in [5.41, 5.74) is 0.423. The molecule has 4 heteroatoms. The van der Waals surface area contributed by atoms with Crippen molar-refractivity contribution in [3.63, 3.8) is 0 Å². The van der Waals surface area contributed by atoms with Crippen LogP contribution in [0.5, 0.6) is 11.5 Å². The third-order valence-electron chi connectivity index (χ3n) is 2.62. The molecule has 0 spiro atoms. The molecule has 80 valence electrons. The molecule has 0 saturated carbocycles. The van der Waals surface area contributed by atoms with E-state index in [9.17, 15) is 9.90 Å². The summed E-state index contributed by atoms with van der Waals surface area (Å²) in [6, 6.07) is 4.16. The van der Waals surface area contributed by atoms with E-state index in [4.69, 9.17) is 5.11 Å². The standard InChI is InChI=1S/C11H13NO3/c13-9-4-3-8(7-10(9)14)11(15)12-5-1-2-6-12/h3-4,7,13-14H,1-2,5-6H2. The van der Waals surface area contributed by atoms with Crippen LogP contribution in [0.3, 0.4) is 0 Å². The van der Waals surface area contributed by atoms with Gasteiger partial charge in [0.05, 0.1) is 0 Å². The number of hydrogen-bond donors (Lipinski definition) is 2. The minimum atomic E-state index is -0.250. The fourth-order valence-electron chi connectivity index (χ4n) is 1.76. The molecule has 0 radical (unpaired) electrons. The highest BCUT2D eigenvalue weighted by atomic mass is 16.3. The van der Waals surface area contributed by atoms with E-state index in [2.05, 4.69) is 0 Å². The minimum absolute atomic E-state index is 0.0807. The van der Waals surface area contributed by atoms with Gasteiger partial charge in [0.25, 0.3) is 5.91 Å². The first-order chi connectivity index (χ1) is 7.18. The fraction of sp³-hybridized carbons (Fsp3) is 0.364. The Balaban J connectivity index is 2.21. The molecule has 0 aromatic heterocycles. The van der Waals surface area contributed by atoms with Crippen LogP contribution in [0.25, 0.3) is 0 Å². The highest BCUT2D eigenvalue weighted by Gasteiger charge is 2.19. The molecule has 0 unspecified atom stereocenters. The van der Waals surface area contributed by atoms with Crippen molar-refractivity contribution in [3.05, 3.63) is 23.8 Å². The smallest absolute Gasteiger partial charge is 0.253 e. The number of rotatable bonds is 1. The van der Waals surface area contributed by atoms with Crippen molar-refractivity contribution in [1.29, 1.82) is 0 Å². The summed E-state index contributed by atoms with van der Waals surface area (Å²) >= 11 is 0. The van der Waals surface area contributed by atoms with E-state index < -0.39 is 0 Å². The summed E-state index contributed by atoms with van der Waals surface area (Å²) in [4.78, 5) is 13.6. The maximum absolute atomic E-state index is 11.8. The Labute approximate surface area is 87.8 Å². The highest BCUT2D eigenvalue weighted by Crippen LogP contribution is 2.26. The Morgan fingerprint density at radius 1 is 1.13 bits per heavy atom. The van der Waals surface area contributed by atoms with E-state index in [-0.39, 0.29) is 17.4 Å². The topological polar surface area (TPSA) is 60.8 Å². The van der Waals surface area contributed by atoms with Gasteiger partial charge in [0.2, 0.25) is 0 Å². The Kier molecular flexibility index (Phi) is 2.49. The molecule has 0 bridgehead atoms. The first-order valence-electron chi connectivity index (χ1n) is 5.00. The van der Waals surface area contributed by atoms with Gasteiger partial charge in [-0.25, -0.2) is 0 Å². The molecule has 0 atom stereocenters. The van der Waals surface area contributed by atoms with Gasteiger partial charge in [-0.15, -0.1) is 0 Å². The van der Waals surface area contributed by atoms with Crippen molar-refractivity contribution in [3.8, 4) is 11.5 Å². The van der Waals surface area contributed by atoms with Crippen LogP contribution < -0.4 is 0 Å². The number of benzene rings is 1. The highest BCUT2D eigenvalue weighted by molar-refractivity contribution is 5.95. The number of phenols is 2. The monoisotopic (exact) mass is 207 g/mol. The van der Waals surface area contributed by atoms with Gasteiger partial charge in [-0.2, -0.15) is 0 Å². The van der Waals surface area contributed by atoms with Gasteiger partial charge in [0, 0.05) is 18.7 Å². The van der Waals surface area contributed by atoms with E-state index in [1.165, 1.54) is 18.2 Å². The van der Waals surface area contributed by atoms with Gasteiger partial charge in [-0.1, -0.05) is 0 Å². The van der Waals surface area contributed by atoms with E-state index in [1.54, 1.807) is 4.90 Å². The third-order valence-corrected chi connectivity index (χ3v) is 2.62. The predicted molar refractivity (Wildman–Crippen MR) is 54.9 cm³/mol. The van der Waals surface area contributed by atoms with Crippen LogP contribution in [-0.4, -0.2) is 34.1 Å². The summed E-state index contributed by atoms with van der Waals surface area (Å²) in [6.07, 6.45) is 2.08. The lowest BCUT2D eigenvalue weighted by molar-refractivity contribution is 0.0792. The average molecular weight is 207 g/mol. The van der Waals surface area contributed by atoms with E-state index >= 15 is 0 Å². The summed E-state index contributed by atoms with van der Waals surface area (Å²) < 4.78 is 0. The van der Waals surface area contributed by atoms with E-state index in [0.29, 0.717) is 5.56 Å². The number of hydrogen-bond acceptors (Lipinski definition) is 3. The summed E-state index contributed by atoms with van der Waals surface area (Å²) in [7, 11) is 0. The third kappa shape index (κ3) is 1.88. The summed E-state index contributed by atoms with van der Waals surface area (Å²) in [5.74, 6) is -0.532.